The lowest BCUT2D eigenvalue weighted by Crippen LogP contribution is -2.36. The number of rotatable bonds is 6. The molecule has 7 heteroatoms. The maximum Gasteiger partial charge on any atom is 0.338 e. The quantitative estimate of drug-likeness (QED) is 0.280. The fourth-order valence-electron chi connectivity index (χ4n) is 2.21. The minimum absolute atomic E-state index is 0. The highest BCUT2D eigenvalue weighted by molar-refractivity contribution is 14.0. The molecule has 0 radical (unpaired) electrons. The van der Waals surface area contributed by atoms with Gasteiger partial charge in [0.15, 0.2) is 5.96 Å². The summed E-state index contributed by atoms with van der Waals surface area (Å²) >= 11 is 5.98. The summed E-state index contributed by atoms with van der Waals surface area (Å²) < 4.78 is 4.97. The lowest BCUT2D eigenvalue weighted by molar-refractivity contribution is 0.0526. The van der Waals surface area contributed by atoms with Crippen LogP contribution in [0.4, 0.5) is 0 Å². The number of halogens is 2. The molecule has 0 aliphatic rings. The van der Waals surface area contributed by atoms with Crippen LogP contribution in [0.3, 0.4) is 0 Å². The molecule has 0 heterocycles. The predicted molar refractivity (Wildman–Crippen MR) is 116 cm³/mol. The number of aliphatic imine (C=N–C) groups is 1. The highest BCUT2D eigenvalue weighted by Crippen LogP contribution is 2.10. The molecular weight excluding hydrogens is 465 g/mol. The Kier molecular flexibility index (Phi) is 10.0. The van der Waals surface area contributed by atoms with Crippen molar-refractivity contribution >= 4 is 47.5 Å². The van der Waals surface area contributed by atoms with E-state index in [-0.39, 0.29) is 29.9 Å². The number of hydrogen-bond acceptors (Lipinski definition) is 3. The summed E-state index contributed by atoms with van der Waals surface area (Å²) in [6, 6.07) is 15.0. The summed E-state index contributed by atoms with van der Waals surface area (Å²) in [5.74, 6) is 0.385. The SMILES string of the molecule is CCOC(=O)c1ccc(CNC(=NC)NCc2cccc(Cl)c2)cc1.I. The van der Waals surface area contributed by atoms with Crippen molar-refractivity contribution in [2.24, 2.45) is 4.99 Å². The molecule has 0 bridgehead atoms. The standard InChI is InChI=1S/C19H22ClN3O2.HI/c1-3-25-18(24)16-9-7-14(8-10-16)12-22-19(21-2)23-13-15-5-4-6-17(20)11-15;/h4-11H,3,12-13H2,1-2H3,(H2,21,22,23);1H. The van der Waals surface area contributed by atoms with Gasteiger partial charge in [0.2, 0.25) is 0 Å². The van der Waals surface area contributed by atoms with Gasteiger partial charge in [0, 0.05) is 25.2 Å². The molecule has 0 unspecified atom stereocenters. The largest absolute Gasteiger partial charge is 0.462 e. The highest BCUT2D eigenvalue weighted by Gasteiger charge is 2.06. The minimum atomic E-state index is -0.305. The van der Waals surface area contributed by atoms with Crippen LogP contribution in [-0.4, -0.2) is 25.6 Å². The van der Waals surface area contributed by atoms with Crippen molar-refractivity contribution in [3.8, 4) is 0 Å². The number of carbonyl (C=O) groups excluding carboxylic acids is 1. The van der Waals surface area contributed by atoms with Crippen LogP contribution >= 0.6 is 35.6 Å². The van der Waals surface area contributed by atoms with Gasteiger partial charge in [-0.3, -0.25) is 4.99 Å². The average molecular weight is 488 g/mol. The van der Waals surface area contributed by atoms with Crippen molar-refractivity contribution in [3.63, 3.8) is 0 Å². The van der Waals surface area contributed by atoms with E-state index in [0.717, 1.165) is 11.1 Å². The topological polar surface area (TPSA) is 62.7 Å². The molecule has 5 nitrogen and oxygen atoms in total. The van der Waals surface area contributed by atoms with E-state index in [1.807, 2.05) is 36.4 Å². The van der Waals surface area contributed by atoms with Crippen molar-refractivity contribution in [1.29, 1.82) is 0 Å². The molecule has 2 N–H and O–H groups in total. The zero-order chi connectivity index (χ0) is 18.1. The molecule has 0 spiro atoms. The molecule has 2 aromatic carbocycles. The van der Waals surface area contributed by atoms with Crippen LogP contribution in [0.2, 0.25) is 5.02 Å². The molecule has 26 heavy (non-hydrogen) atoms. The van der Waals surface area contributed by atoms with Gasteiger partial charge in [-0.25, -0.2) is 4.79 Å². The summed E-state index contributed by atoms with van der Waals surface area (Å²) in [4.78, 5) is 15.8. The Labute approximate surface area is 176 Å². The van der Waals surface area contributed by atoms with E-state index in [2.05, 4.69) is 15.6 Å². The average Bonchev–Trinajstić information content (AvgIpc) is 2.62. The molecular formula is C19H23ClIN3O2. The molecule has 0 aliphatic carbocycles. The van der Waals surface area contributed by atoms with E-state index >= 15 is 0 Å². The summed E-state index contributed by atoms with van der Waals surface area (Å²) in [7, 11) is 1.72. The highest BCUT2D eigenvalue weighted by atomic mass is 127. The summed E-state index contributed by atoms with van der Waals surface area (Å²) in [6.07, 6.45) is 0. The third kappa shape index (κ3) is 7.21. The van der Waals surface area contributed by atoms with Crippen molar-refractivity contribution in [1.82, 2.24) is 10.6 Å². The smallest absolute Gasteiger partial charge is 0.338 e. The van der Waals surface area contributed by atoms with Gasteiger partial charge in [0.25, 0.3) is 0 Å². The third-order valence-corrected chi connectivity index (χ3v) is 3.73. The van der Waals surface area contributed by atoms with E-state index in [9.17, 15) is 4.79 Å². The summed E-state index contributed by atoms with van der Waals surface area (Å²) in [5, 5.41) is 7.18. The van der Waals surface area contributed by atoms with Gasteiger partial charge in [0.05, 0.1) is 12.2 Å². The lowest BCUT2D eigenvalue weighted by atomic mass is 10.1. The molecule has 0 fully saturated rings. The van der Waals surface area contributed by atoms with Crippen LogP contribution in [0, 0.1) is 0 Å². The van der Waals surface area contributed by atoms with Gasteiger partial charge >= 0.3 is 5.97 Å². The normalized spacial score (nSPS) is 10.7. The Balaban J connectivity index is 0.00000338. The van der Waals surface area contributed by atoms with Crippen LogP contribution in [-0.2, 0) is 17.8 Å². The minimum Gasteiger partial charge on any atom is -0.462 e. The second-order valence-electron chi connectivity index (χ2n) is 5.33. The maximum atomic E-state index is 11.6. The number of guanidine groups is 1. The number of nitrogens with one attached hydrogen (secondary N) is 2. The van der Waals surface area contributed by atoms with Gasteiger partial charge in [-0.1, -0.05) is 35.9 Å². The number of ether oxygens (including phenoxy) is 1. The van der Waals surface area contributed by atoms with E-state index in [1.165, 1.54) is 0 Å². The number of esters is 1. The Hall–Kier alpha value is -1.80. The van der Waals surface area contributed by atoms with Gasteiger partial charge in [-0.15, -0.1) is 24.0 Å². The first-order valence-electron chi connectivity index (χ1n) is 8.07. The zero-order valence-electron chi connectivity index (χ0n) is 14.8. The number of carbonyl (C=O) groups is 1. The van der Waals surface area contributed by atoms with Crippen molar-refractivity contribution < 1.29 is 9.53 Å². The van der Waals surface area contributed by atoms with Gasteiger partial charge in [-0.2, -0.15) is 0 Å². The molecule has 0 aliphatic heterocycles. The molecule has 140 valence electrons. The van der Waals surface area contributed by atoms with Crippen LogP contribution in [0.25, 0.3) is 0 Å². The number of benzene rings is 2. The van der Waals surface area contributed by atoms with Gasteiger partial charge in [0.1, 0.15) is 0 Å². The van der Waals surface area contributed by atoms with E-state index in [4.69, 9.17) is 16.3 Å². The Bertz CT molecular complexity index is 736. The summed E-state index contributed by atoms with van der Waals surface area (Å²) in [6.45, 7) is 3.38. The monoisotopic (exact) mass is 487 g/mol. The number of nitrogens with zero attached hydrogens (tertiary/aromatic N) is 1. The summed E-state index contributed by atoms with van der Waals surface area (Å²) in [5.41, 5.74) is 2.67. The van der Waals surface area contributed by atoms with Crippen LogP contribution in [0.15, 0.2) is 53.5 Å². The number of hydrogen-bond donors (Lipinski definition) is 2. The third-order valence-electron chi connectivity index (χ3n) is 3.50. The first-order chi connectivity index (χ1) is 12.1. The fraction of sp³-hybridized carbons (Fsp3) is 0.263. The van der Waals surface area contributed by atoms with Crippen molar-refractivity contribution in [3.05, 3.63) is 70.2 Å². The molecule has 0 atom stereocenters. The van der Waals surface area contributed by atoms with Crippen LogP contribution in [0.1, 0.15) is 28.4 Å². The second kappa shape index (κ2) is 11.7. The Morgan fingerprint density at radius 1 is 1.08 bits per heavy atom. The molecule has 0 saturated heterocycles. The first kappa shape index (κ1) is 22.2. The van der Waals surface area contributed by atoms with Crippen molar-refractivity contribution in [2.45, 2.75) is 20.0 Å². The lowest BCUT2D eigenvalue weighted by Gasteiger charge is -2.12. The van der Waals surface area contributed by atoms with Crippen LogP contribution in [0.5, 0.6) is 0 Å². The molecule has 0 aromatic heterocycles. The van der Waals surface area contributed by atoms with Crippen LogP contribution < -0.4 is 10.6 Å². The van der Waals surface area contributed by atoms with Crippen molar-refractivity contribution in [2.75, 3.05) is 13.7 Å². The molecule has 0 amide bonds. The fourth-order valence-corrected chi connectivity index (χ4v) is 2.43. The Morgan fingerprint density at radius 3 is 2.31 bits per heavy atom. The molecule has 2 aromatic rings. The zero-order valence-corrected chi connectivity index (χ0v) is 17.9. The van der Waals surface area contributed by atoms with Gasteiger partial charge < -0.3 is 15.4 Å². The maximum absolute atomic E-state index is 11.6. The van der Waals surface area contributed by atoms with Gasteiger partial charge in [-0.05, 0) is 42.3 Å². The Morgan fingerprint density at radius 2 is 1.73 bits per heavy atom. The van der Waals surface area contributed by atoms with E-state index in [1.54, 1.807) is 26.1 Å². The second-order valence-corrected chi connectivity index (χ2v) is 5.76. The van der Waals surface area contributed by atoms with E-state index < -0.39 is 0 Å². The van der Waals surface area contributed by atoms with E-state index in [0.29, 0.717) is 36.2 Å². The molecule has 2 rings (SSSR count). The molecule has 0 saturated carbocycles. The predicted octanol–water partition coefficient (Wildman–Crippen LogP) is 4.00. The first-order valence-corrected chi connectivity index (χ1v) is 8.45.